The molecular weight excluding hydrogens is 358 g/mol. The van der Waals surface area contributed by atoms with Crippen LogP contribution in [0, 0.1) is 5.82 Å². The summed E-state index contributed by atoms with van der Waals surface area (Å²) in [5.41, 5.74) is -2.04. The molecule has 1 aliphatic rings. The highest BCUT2D eigenvalue weighted by Gasteiger charge is 2.38. The van der Waals surface area contributed by atoms with Gasteiger partial charge in [0.1, 0.15) is 5.82 Å². The van der Waals surface area contributed by atoms with Gasteiger partial charge in [-0.05, 0) is 34.5 Å². The molecule has 0 N–H and O–H groups in total. The number of ether oxygens (including phenoxy) is 1. The number of methoxy groups -OCH3 is 1. The van der Waals surface area contributed by atoms with Gasteiger partial charge in [-0.15, -0.1) is 0 Å². The predicted octanol–water partition coefficient (Wildman–Crippen LogP) is 3.47. The van der Waals surface area contributed by atoms with Crippen LogP contribution in [-0.4, -0.2) is 37.1 Å². The molecule has 1 atom stereocenters. The summed E-state index contributed by atoms with van der Waals surface area (Å²) in [6.45, 7) is 0.553. The SMILES string of the molecule is COC1CCN(C(=O)c2c(Br)ccc(C(F)(F)F)c2F)C1. The van der Waals surface area contributed by atoms with Crippen LogP contribution in [0.1, 0.15) is 22.3 Å². The van der Waals surface area contributed by atoms with Crippen LogP contribution in [0.2, 0.25) is 0 Å². The van der Waals surface area contributed by atoms with Crippen molar-refractivity contribution in [3.05, 3.63) is 33.5 Å². The van der Waals surface area contributed by atoms with E-state index in [2.05, 4.69) is 15.9 Å². The minimum absolute atomic E-state index is 0.00105. The maximum absolute atomic E-state index is 14.1. The number of halogens is 5. The molecule has 1 aromatic carbocycles. The second kappa shape index (κ2) is 5.92. The monoisotopic (exact) mass is 369 g/mol. The van der Waals surface area contributed by atoms with Crippen molar-refractivity contribution in [3.8, 4) is 0 Å². The number of carbonyl (C=O) groups is 1. The molecule has 1 aromatic rings. The molecule has 0 aliphatic carbocycles. The number of hydrogen-bond acceptors (Lipinski definition) is 2. The second-order valence-corrected chi connectivity index (χ2v) is 5.53. The third kappa shape index (κ3) is 3.21. The minimum Gasteiger partial charge on any atom is -0.380 e. The van der Waals surface area contributed by atoms with Gasteiger partial charge in [0.2, 0.25) is 0 Å². The fourth-order valence-corrected chi connectivity index (χ4v) is 2.71. The molecular formula is C13H12BrF4NO2. The summed E-state index contributed by atoms with van der Waals surface area (Å²) in [5, 5.41) is 0. The Hall–Kier alpha value is -1.15. The van der Waals surface area contributed by atoms with Gasteiger partial charge in [-0.25, -0.2) is 4.39 Å². The van der Waals surface area contributed by atoms with Gasteiger partial charge in [0.15, 0.2) is 0 Å². The van der Waals surface area contributed by atoms with Crippen LogP contribution in [0.25, 0.3) is 0 Å². The number of carbonyl (C=O) groups excluding carboxylic acids is 1. The van der Waals surface area contributed by atoms with Gasteiger partial charge in [-0.3, -0.25) is 4.79 Å². The van der Waals surface area contributed by atoms with Crippen molar-refractivity contribution < 1.29 is 27.1 Å². The zero-order chi connectivity index (χ0) is 15.8. The standard InChI is InChI=1S/C13H12BrF4NO2/c1-21-7-4-5-19(6-7)12(20)10-9(14)3-2-8(11(10)15)13(16,17)18/h2-3,7H,4-6H2,1H3. The third-order valence-electron chi connectivity index (χ3n) is 3.38. The van der Waals surface area contributed by atoms with E-state index in [1.807, 2.05) is 0 Å². The second-order valence-electron chi connectivity index (χ2n) is 4.68. The molecule has 1 amide bonds. The number of benzene rings is 1. The van der Waals surface area contributed by atoms with E-state index in [1.165, 1.54) is 12.0 Å². The Kier molecular flexibility index (Phi) is 4.57. The summed E-state index contributed by atoms with van der Waals surface area (Å²) in [5.74, 6) is -2.33. The Morgan fingerprint density at radius 2 is 2.10 bits per heavy atom. The van der Waals surface area contributed by atoms with E-state index in [0.717, 1.165) is 6.07 Å². The van der Waals surface area contributed by atoms with E-state index in [0.29, 0.717) is 19.0 Å². The number of amides is 1. The summed E-state index contributed by atoms with van der Waals surface area (Å²) in [4.78, 5) is 13.6. The van der Waals surface area contributed by atoms with Crippen molar-refractivity contribution in [2.75, 3.05) is 20.2 Å². The Morgan fingerprint density at radius 3 is 2.62 bits per heavy atom. The molecule has 0 aromatic heterocycles. The average Bonchev–Trinajstić information content (AvgIpc) is 2.85. The number of hydrogen-bond donors (Lipinski definition) is 0. The van der Waals surface area contributed by atoms with Crippen LogP contribution in [0.5, 0.6) is 0 Å². The summed E-state index contributed by atoms with van der Waals surface area (Å²) in [7, 11) is 1.49. The molecule has 1 aliphatic heterocycles. The molecule has 116 valence electrons. The normalized spacial score (nSPS) is 19.1. The highest BCUT2D eigenvalue weighted by molar-refractivity contribution is 9.10. The lowest BCUT2D eigenvalue weighted by atomic mass is 10.1. The van der Waals surface area contributed by atoms with E-state index in [4.69, 9.17) is 4.74 Å². The van der Waals surface area contributed by atoms with Gasteiger partial charge < -0.3 is 9.64 Å². The molecule has 0 spiro atoms. The van der Waals surface area contributed by atoms with Gasteiger partial charge in [0, 0.05) is 24.7 Å². The number of likely N-dealkylation sites (tertiary alicyclic amines) is 1. The van der Waals surface area contributed by atoms with Crippen molar-refractivity contribution in [2.24, 2.45) is 0 Å². The van der Waals surface area contributed by atoms with Crippen molar-refractivity contribution in [1.29, 1.82) is 0 Å². The van der Waals surface area contributed by atoms with E-state index < -0.39 is 29.0 Å². The largest absolute Gasteiger partial charge is 0.419 e. The summed E-state index contributed by atoms with van der Waals surface area (Å²) in [6, 6.07) is 1.64. The Morgan fingerprint density at radius 1 is 1.43 bits per heavy atom. The van der Waals surface area contributed by atoms with E-state index in [9.17, 15) is 22.4 Å². The third-order valence-corrected chi connectivity index (χ3v) is 4.04. The summed E-state index contributed by atoms with van der Waals surface area (Å²) >= 11 is 2.94. The molecule has 21 heavy (non-hydrogen) atoms. The first kappa shape index (κ1) is 16.2. The molecule has 1 unspecified atom stereocenters. The molecule has 1 heterocycles. The van der Waals surface area contributed by atoms with Crippen molar-refractivity contribution in [1.82, 2.24) is 4.90 Å². The van der Waals surface area contributed by atoms with Crippen molar-refractivity contribution >= 4 is 21.8 Å². The molecule has 1 fully saturated rings. The average molecular weight is 370 g/mol. The topological polar surface area (TPSA) is 29.5 Å². The van der Waals surface area contributed by atoms with Crippen LogP contribution in [-0.2, 0) is 10.9 Å². The van der Waals surface area contributed by atoms with Crippen molar-refractivity contribution in [2.45, 2.75) is 18.7 Å². The Labute approximate surface area is 127 Å². The first-order valence-electron chi connectivity index (χ1n) is 6.13. The lowest BCUT2D eigenvalue weighted by molar-refractivity contribution is -0.140. The van der Waals surface area contributed by atoms with Crippen LogP contribution in [0.3, 0.4) is 0 Å². The fraction of sp³-hybridized carbons (Fsp3) is 0.462. The van der Waals surface area contributed by atoms with Gasteiger partial charge in [-0.2, -0.15) is 13.2 Å². The molecule has 8 heteroatoms. The van der Waals surface area contributed by atoms with Gasteiger partial charge in [0.25, 0.3) is 5.91 Å². The molecule has 0 radical (unpaired) electrons. The summed E-state index contributed by atoms with van der Waals surface area (Å²) in [6.07, 6.45) is -4.46. The van der Waals surface area contributed by atoms with E-state index in [1.54, 1.807) is 0 Å². The van der Waals surface area contributed by atoms with Crippen LogP contribution in [0.15, 0.2) is 16.6 Å². The van der Waals surface area contributed by atoms with E-state index in [-0.39, 0.29) is 17.1 Å². The Balaban J connectivity index is 2.37. The lowest BCUT2D eigenvalue weighted by Crippen LogP contribution is -2.31. The Bertz CT molecular complexity index is 562. The quantitative estimate of drug-likeness (QED) is 0.747. The lowest BCUT2D eigenvalue weighted by Gasteiger charge is -2.19. The smallest absolute Gasteiger partial charge is 0.380 e. The van der Waals surface area contributed by atoms with Gasteiger partial charge in [0.05, 0.1) is 17.2 Å². The van der Waals surface area contributed by atoms with Crippen LogP contribution >= 0.6 is 15.9 Å². The number of alkyl halides is 3. The summed E-state index contributed by atoms with van der Waals surface area (Å²) < 4.78 is 57.3. The zero-order valence-corrected chi connectivity index (χ0v) is 12.6. The first-order valence-corrected chi connectivity index (χ1v) is 6.92. The van der Waals surface area contributed by atoms with Crippen LogP contribution in [0.4, 0.5) is 17.6 Å². The molecule has 0 bridgehead atoms. The molecule has 1 saturated heterocycles. The molecule has 0 saturated carbocycles. The fourth-order valence-electron chi connectivity index (χ4n) is 2.23. The number of rotatable bonds is 2. The first-order chi connectivity index (χ1) is 9.75. The highest BCUT2D eigenvalue weighted by atomic mass is 79.9. The highest BCUT2D eigenvalue weighted by Crippen LogP contribution is 2.35. The maximum Gasteiger partial charge on any atom is 0.419 e. The molecule has 3 nitrogen and oxygen atoms in total. The van der Waals surface area contributed by atoms with Crippen molar-refractivity contribution in [3.63, 3.8) is 0 Å². The number of nitrogens with zero attached hydrogens (tertiary/aromatic N) is 1. The maximum atomic E-state index is 14.1. The van der Waals surface area contributed by atoms with Gasteiger partial charge in [-0.1, -0.05) is 0 Å². The minimum atomic E-state index is -4.85. The predicted molar refractivity (Wildman–Crippen MR) is 70.4 cm³/mol. The zero-order valence-electron chi connectivity index (χ0n) is 11.0. The molecule has 2 rings (SSSR count). The van der Waals surface area contributed by atoms with E-state index >= 15 is 0 Å². The van der Waals surface area contributed by atoms with Gasteiger partial charge >= 0.3 is 6.18 Å². The van der Waals surface area contributed by atoms with Crippen LogP contribution < -0.4 is 0 Å².